The molecule has 2 rings (SSSR count). The highest BCUT2D eigenvalue weighted by atomic mass is 35.5. The molecule has 1 atom stereocenters. The van der Waals surface area contributed by atoms with Crippen molar-refractivity contribution >= 4 is 29.7 Å². The predicted molar refractivity (Wildman–Crippen MR) is 79.8 cm³/mol. The van der Waals surface area contributed by atoms with Gasteiger partial charge in [-0.3, -0.25) is 4.79 Å². The van der Waals surface area contributed by atoms with E-state index in [-0.39, 0.29) is 24.2 Å². The van der Waals surface area contributed by atoms with Gasteiger partial charge in [-0.2, -0.15) is 0 Å². The Balaban J connectivity index is 0.00000180. The normalized spacial score (nSPS) is 18.1. The summed E-state index contributed by atoms with van der Waals surface area (Å²) in [6.07, 6.45) is 0.951. The van der Waals surface area contributed by atoms with E-state index in [4.69, 9.17) is 4.74 Å². The molecule has 4 nitrogen and oxygen atoms in total. The van der Waals surface area contributed by atoms with Crippen molar-refractivity contribution in [3.63, 3.8) is 0 Å². The van der Waals surface area contributed by atoms with Gasteiger partial charge in [-0.15, -0.1) is 23.7 Å². The molecule has 1 fully saturated rings. The van der Waals surface area contributed by atoms with Crippen LogP contribution in [-0.4, -0.2) is 44.2 Å². The lowest BCUT2D eigenvalue weighted by Crippen LogP contribution is -2.38. The molecule has 1 N–H and O–H groups in total. The largest absolute Gasteiger partial charge is 0.383 e. The smallest absolute Gasteiger partial charge is 0.227 e. The van der Waals surface area contributed by atoms with Gasteiger partial charge in [-0.25, -0.2) is 0 Å². The molecule has 108 valence electrons. The van der Waals surface area contributed by atoms with Crippen LogP contribution in [0.25, 0.3) is 0 Å². The first-order chi connectivity index (χ1) is 8.81. The summed E-state index contributed by atoms with van der Waals surface area (Å²) in [4.78, 5) is 15.6. The molecule has 1 aliphatic heterocycles. The van der Waals surface area contributed by atoms with Gasteiger partial charge in [0, 0.05) is 25.1 Å². The van der Waals surface area contributed by atoms with Crippen LogP contribution in [0.5, 0.6) is 0 Å². The van der Waals surface area contributed by atoms with Gasteiger partial charge >= 0.3 is 0 Å². The summed E-state index contributed by atoms with van der Waals surface area (Å²) in [5, 5.41) is 5.29. The van der Waals surface area contributed by atoms with E-state index in [0.29, 0.717) is 19.7 Å². The second-order valence-electron chi connectivity index (χ2n) is 4.52. The number of thiophene rings is 1. The molecule has 6 heteroatoms. The molecule has 19 heavy (non-hydrogen) atoms. The van der Waals surface area contributed by atoms with Crippen LogP contribution < -0.4 is 5.32 Å². The van der Waals surface area contributed by atoms with Gasteiger partial charge in [-0.1, -0.05) is 6.07 Å². The van der Waals surface area contributed by atoms with E-state index >= 15 is 0 Å². The number of carbonyl (C=O) groups excluding carboxylic acids is 1. The lowest BCUT2D eigenvalue weighted by Gasteiger charge is -2.24. The van der Waals surface area contributed by atoms with Gasteiger partial charge in [-0.05, 0) is 24.4 Å². The van der Waals surface area contributed by atoms with Gasteiger partial charge < -0.3 is 15.0 Å². The van der Waals surface area contributed by atoms with Crippen molar-refractivity contribution in [2.75, 3.05) is 33.4 Å². The molecule has 0 aromatic carbocycles. The van der Waals surface area contributed by atoms with E-state index in [0.717, 1.165) is 19.5 Å². The highest BCUT2D eigenvalue weighted by Crippen LogP contribution is 2.16. The molecule has 0 aliphatic carbocycles. The quantitative estimate of drug-likeness (QED) is 0.871. The zero-order valence-corrected chi connectivity index (χ0v) is 12.8. The molecule has 1 aromatic heterocycles. The van der Waals surface area contributed by atoms with Crippen molar-refractivity contribution in [2.24, 2.45) is 5.92 Å². The molecule has 0 saturated carbocycles. The zero-order valence-electron chi connectivity index (χ0n) is 11.1. The van der Waals surface area contributed by atoms with Gasteiger partial charge in [0.2, 0.25) is 5.91 Å². The number of hydrogen-bond acceptors (Lipinski definition) is 4. The Labute approximate surface area is 124 Å². The number of nitrogens with one attached hydrogen (secondary N) is 1. The van der Waals surface area contributed by atoms with Crippen molar-refractivity contribution in [1.82, 2.24) is 10.2 Å². The van der Waals surface area contributed by atoms with Crippen LogP contribution in [0.15, 0.2) is 17.5 Å². The maximum atomic E-state index is 12.4. The van der Waals surface area contributed by atoms with Crippen molar-refractivity contribution in [3.05, 3.63) is 22.4 Å². The Kier molecular flexibility index (Phi) is 7.38. The highest BCUT2D eigenvalue weighted by molar-refractivity contribution is 7.09. The van der Waals surface area contributed by atoms with Crippen LogP contribution in [0.3, 0.4) is 0 Å². The Bertz CT molecular complexity index is 367. The van der Waals surface area contributed by atoms with E-state index in [9.17, 15) is 4.79 Å². The molecule has 0 radical (unpaired) electrons. The SMILES string of the molecule is COCCN(Cc1cccs1)C(=O)C1CCNC1.Cl. The first kappa shape index (κ1) is 16.4. The number of methoxy groups -OCH3 is 1. The monoisotopic (exact) mass is 304 g/mol. The third-order valence-electron chi connectivity index (χ3n) is 3.21. The summed E-state index contributed by atoms with van der Waals surface area (Å²) in [5.74, 6) is 0.396. The summed E-state index contributed by atoms with van der Waals surface area (Å²) in [5.41, 5.74) is 0. The van der Waals surface area contributed by atoms with Gasteiger partial charge in [0.25, 0.3) is 0 Å². The lowest BCUT2D eigenvalue weighted by atomic mass is 10.1. The van der Waals surface area contributed by atoms with Crippen molar-refractivity contribution in [2.45, 2.75) is 13.0 Å². The molecule has 1 unspecified atom stereocenters. The van der Waals surface area contributed by atoms with Crippen LogP contribution in [0.2, 0.25) is 0 Å². The van der Waals surface area contributed by atoms with E-state index in [1.54, 1.807) is 18.4 Å². The number of nitrogens with zero attached hydrogens (tertiary/aromatic N) is 1. The molecule has 1 saturated heterocycles. The van der Waals surface area contributed by atoms with Crippen LogP contribution in [0.1, 0.15) is 11.3 Å². The number of rotatable bonds is 6. The van der Waals surface area contributed by atoms with Gasteiger partial charge in [0.1, 0.15) is 0 Å². The summed E-state index contributed by atoms with van der Waals surface area (Å²) in [7, 11) is 1.67. The average Bonchev–Trinajstić information content (AvgIpc) is 3.06. The third kappa shape index (κ3) is 4.76. The fourth-order valence-corrected chi connectivity index (χ4v) is 2.90. The van der Waals surface area contributed by atoms with Crippen molar-refractivity contribution in [1.29, 1.82) is 0 Å². The Morgan fingerprint density at radius 1 is 1.63 bits per heavy atom. The summed E-state index contributed by atoms with van der Waals surface area (Å²) in [6.45, 7) is 3.73. The maximum absolute atomic E-state index is 12.4. The van der Waals surface area contributed by atoms with Crippen LogP contribution >= 0.6 is 23.7 Å². The topological polar surface area (TPSA) is 41.6 Å². The molecular weight excluding hydrogens is 284 g/mol. The van der Waals surface area contributed by atoms with Crippen LogP contribution in [0.4, 0.5) is 0 Å². The molecule has 1 amide bonds. The van der Waals surface area contributed by atoms with Crippen LogP contribution in [-0.2, 0) is 16.1 Å². The molecule has 1 aromatic rings. The number of hydrogen-bond donors (Lipinski definition) is 1. The van der Waals surface area contributed by atoms with Crippen molar-refractivity contribution in [3.8, 4) is 0 Å². The first-order valence-corrected chi connectivity index (χ1v) is 7.20. The third-order valence-corrected chi connectivity index (χ3v) is 4.07. The molecule has 0 spiro atoms. The number of carbonyl (C=O) groups is 1. The minimum Gasteiger partial charge on any atom is -0.383 e. The highest BCUT2D eigenvalue weighted by Gasteiger charge is 2.27. The average molecular weight is 305 g/mol. The minimum absolute atomic E-state index is 0. The van der Waals surface area contributed by atoms with Gasteiger partial charge in [0.05, 0.1) is 19.1 Å². The van der Waals surface area contributed by atoms with Crippen LogP contribution in [0, 0.1) is 5.92 Å². The van der Waals surface area contributed by atoms with E-state index < -0.39 is 0 Å². The number of ether oxygens (including phenoxy) is 1. The first-order valence-electron chi connectivity index (χ1n) is 6.32. The Morgan fingerprint density at radius 2 is 2.47 bits per heavy atom. The number of amides is 1. The fourth-order valence-electron chi connectivity index (χ4n) is 2.18. The van der Waals surface area contributed by atoms with E-state index in [1.807, 2.05) is 16.3 Å². The summed E-state index contributed by atoms with van der Waals surface area (Å²) >= 11 is 1.69. The Morgan fingerprint density at radius 3 is 3.05 bits per heavy atom. The molecule has 0 bridgehead atoms. The minimum atomic E-state index is 0. The zero-order chi connectivity index (χ0) is 12.8. The predicted octanol–water partition coefficient (Wildman–Crippen LogP) is 1.75. The lowest BCUT2D eigenvalue weighted by molar-refractivity contribution is -0.136. The molecule has 1 aliphatic rings. The summed E-state index contributed by atoms with van der Waals surface area (Å²) < 4.78 is 5.10. The van der Waals surface area contributed by atoms with E-state index in [1.165, 1.54) is 4.88 Å². The second kappa shape index (κ2) is 8.53. The molecule has 2 heterocycles. The standard InChI is InChI=1S/C13H20N2O2S.ClH/c1-17-7-6-15(10-12-3-2-8-18-12)13(16)11-4-5-14-9-11;/h2-3,8,11,14H,4-7,9-10H2,1H3;1H. The van der Waals surface area contributed by atoms with Crippen molar-refractivity contribution < 1.29 is 9.53 Å². The number of halogens is 1. The second-order valence-corrected chi connectivity index (χ2v) is 5.55. The summed E-state index contributed by atoms with van der Waals surface area (Å²) in [6, 6.07) is 4.10. The van der Waals surface area contributed by atoms with Gasteiger partial charge in [0.15, 0.2) is 0 Å². The molecular formula is C13H21ClN2O2S. The maximum Gasteiger partial charge on any atom is 0.227 e. The fraction of sp³-hybridized carbons (Fsp3) is 0.615. The Hall–Kier alpha value is -0.620. The van der Waals surface area contributed by atoms with E-state index in [2.05, 4.69) is 11.4 Å².